The van der Waals surface area contributed by atoms with Gasteiger partial charge in [-0.2, -0.15) is 0 Å². The third-order valence-electron chi connectivity index (χ3n) is 5.84. The molecule has 0 bridgehead atoms. The van der Waals surface area contributed by atoms with Crippen molar-refractivity contribution >= 4 is 17.6 Å². The molecule has 2 aliphatic heterocycles. The van der Waals surface area contributed by atoms with Gasteiger partial charge in [0.15, 0.2) is 0 Å². The van der Waals surface area contributed by atoms with Crippen LogP contribution in [0.5, 0.6) is 11.5 Å². The molecule has 4 rings (SSSR count). The predicted molar refractivity (Wildman–Crippen MR) is 101 cm³/mol. The highest BCUT2D eigenvalue weighted by molar-refractivity contribution is 6.30. The Morgan fingerprint density at radius 1 is 1.15 bits per heavy atom. The van der Waals surface area contributed by atoms with Gasteiger partial charge in [0.1, 0.15) is 11.5 Å². The molecular weight excluding hydrogens is 350 g/mol. The molecule has 4 nitrogen and oxygen atoms in total. The Balaban J connectivity index is 1.81. The zero-order chi connectivity index (χ0) is 18.5. The summed E-state index contributed by atoms with van der Waals surface area (Å²) in [5, 5.41) is 0.714. The summed E-state index contributed by atoms with van der Waals surface area (Å²) < 4.78 is 12.5. The van der Waals surface area contributed by atoms with Gasteiger partial charge in [0.2, 0.25) is 6.23 Å². The molecule has 0 aliphatic carbocycles. The summed E-state index contributed by atoms with van der Waals surface area (Å²) in [7, 11) is 2.16. The number of likely N-dealkylation sites (N-methyl/N-ethyl adjacent to an activating group) is 1. The van der Waals surface area contributed by atoms with Gasteiger partial charge in [-0.15, -0.1) is 0 Å². The molecule has 2 heterocycles. The molecule has 0 spiro atoms. The van der Waals surface area contributed by atoms with E-state index in [4.69, 9.17) is 21.1 Å². The molecule has 1 saturated heterocycles. The topological polar surface area (TPSA) is 35.5 Å². The lowest BCUT2D eigenvalue weighted by molar-refractivity contribution is -0.940. The molecule has 0 amide bonds. The number of fused-ring (bicyclic) bond motifs is 5. The molecular formula is C21H23ClNO3+. The number of halogens is 1. The summed E-state index contributed by atoms with van der Waals surface area (Å²) in [6.07, 6.45) is -0.199. The van der Waals surface area contributed by atoms with Crippen molar-refractivity contribution < 1.29 is 18.8 Å². The second-order valence-electron chi connectivity index (χ2n) is 7.59. The minimum atomic E-state index is -0.240. The largest absolute Gasteiger partial charge is 0.457 e. The van der Waals surface area contributed by atoms with E-state index in [2.05, 4.69) is 19.2 Å². The van der Waals surface area contributed by atoms with Crippen LogP contribution < -0.4 is 4.74 Å². The summed E-state index contributed by atoms with van der Waals surface area (Å²) >= 11 is 6.30. The zero-order valence-electron chi connectivity index (χ0n) is 15.2. The van der Waals surface area contributed by atoms with Crippen molar-refractivity contribution in [2.45, 2.75) is 31.9 Å². The normalized spacial score (nSPS) is 27.4. The van der Waals surface area contributed by atoms with Crippen LogP contribution in [-0.2, 0) is 9.53 Å². The van der Waals surface area contributed by atoms with Crippen molar-refractivity contribution in [1.29, 1.82) is 0 Å². The number of likely N-dealkylation sites (tertiary alicyclic amines) is 1. The highest BCUT2D eigenvalue weighted by atomic mass is 35.5. The molecule has 0 N–H and O–H groups in total. The van der Waals surface area contributed by atoms with Crippen molar-refractivity contribution in [2.75, 3.05) is 20.1 Å². The molecule has 5 heteroatoms. The van der Waals surface area contributed by atoms with Crippen LogP contribution in [-0.4, -0.2) is 36.8 Å². The Kier molecular flexibility index (Phi) is 4.20. The smallest absolute Gasteiger partial charge is 0.307 e. The molecule has 4 atom stereocenters. The van der Waals surface area contributed by atoms with Gasteiger partial charge in [-0.05, 0) is 24.3 Å². The molecule has 2 aliphatic rings. The van der Waals surface area contributed by atoms with Crippen LogP contribution >= 0.6 is 11.6 Å². The van der Waals surface area contributed by atoms with Gasteiger partial charge >= 0.3 is 5.97 Å². The van der Waals surface area contributed by atoms with E-state index in [1.165, 1.54) is 12.5 Å². The first kappa shape index (κ1) is 17.4. The minimum Gasteiger partial charge on any atom is -0.457 e. The monoisotopic (exact) mass is 372 g/mol. The third-order valence-corrected chi connectivity index (χ3v) is 6.07. The lowest BCUT2D eigenvalue weighted by Crippen LogP contribution is -2.51. The maximum atomic E-state index is 11.5. The van der Waals surface area contributed by atoms with Crippen LogP contribution in [0.3, 0.4) is 0 Å². The van der Waals surface area contributed by atoms with E-state index in [-0.39, 0.29) is 24.0 Å². The summed E-state index contributed by atoms with van der Waals surface area (Å²) in [4.78, 5) is 11.5. The van der Waals surface area contributed by atoms with E-state index in [0.717, 1.165) is 30.2 Å². The number of para-hydroxylation sites is 1. The maximum absolute atomic E-state index is 11.5. The number of carbonyl (C=O) groups excluding carboxylic acids is 1. The minimum absolute atomic E-state index is 0.199. The Hall–Kier alpha value is -2.04. The van der Waals surface area contributed by atoms with Gasteiger partial charge in [0.25, 0.3) is 0 Å². The Morgan fingerprint density at radius 2 is 1.81 bits per heavy atom. The molecule has 1 fully saturated rings. The molecule has 136 valence electrons. The number of rotatable bonds is 2. The molecule has 2 aromatic rings. The SMILES string of the molecule is CC(=O)OC(C)[N+]1(C)CC2c3ccccc3Oc3ccc(Cl)cc3C2C1. The van der Waals surface area contributed by atoms with E-state index in [0.29, 0.717) is 9.51 Å². The predicted octanol–water partition coefficient (Wildman–Crippen LogP) is 4.68. The van der Waals surface area contributed by atoms with Crippen LogP contribution in [0.4, 0.5) is 0 Å². The summed E-state index contributed by atoms with van der Waals surface area (Å²) in [5.41, 5.74) is 2.34. The van der Waals surface area contributed by atoms with Crippen LogP contribution in [0.2, 0.25) is 5.02 Å². The maximum Gasteiger partial charge on any atom is 0.307 e. The molecule has 2 aromatic carbocycles. The second kappa shape index (κ2) is 6.29. The number of carbonyl (C=O) groups is 1. The quantitative estimate of drug-likeness (QED) is 0.567. The van der Waals surface area contributed by atoms with Crippen molar-refractivity contribution in [3.05, 3.63) is 58.6 Å². The lowest BCUT2D eigenvalue weighted by Gasteiger charge is -2.35. The Labute approximate surface area is 158 Å². The fourth-order valence-corrected chi connectivity index (χ4v) is 4.60. The fraction of sp³-hybridized carbons (Fsp3) is 0.381. The van der Waals surface area contributed by atoms with Crippen molar-refractivity contribution in [1.82, 2.24) is 0 Å². The molecule has 26 heavy (non-hydrogen) atoms. The summed E-state index contributed by atoms with van der Waals surface area (Å²) in [6, 6.07) is 14.1. The number of esters is 1. The van der Waals surface area contributed by atoms with E-state index < -0.39 is 0 Å². The van der Waals surface area contributed by atoms with Gasteiger partial charge in [-0.25, -0.2) is 0 Å². The van der Waals surface area contributed by atoms with E-state index in [9.17, 15) is 4.79 Å². The van der Waals surface area contributed by atoms with Crippen molar-refractivity contribution in [3.63, 3.8) is 0 Å². The molecule has 0 radical (unpaired) electrons. The van der Waals surface area contributed by atoms with Gasteiger partial charge < -0.3 is 9.47 Å². The fourth-order valence-electron chi connectivity index (χ4n) is 4.42. The molecule has 0 saturated carbocycles. The van der Waals surface area contributed by atoms with Crippen LogP contribution in [0.1, 0.15) is 36.8 Å². The number of hydrogen-bond donors (Lipinski definition) is 0. The molecule has 4 unspecified atom stereocenters. The van der Waals surface area contributed by atoms with Crippen LogP contribution in [0.25, 0.3) is 0 Å². The first-order chi connectivity index (χ1) is 12.4. The van der Waals surface area contributed by atoms with Crippen molar-refractivity contribution in [2.24, 2.45) is 0 Å². The van der Waals surface area contributed by atoms with Crippen LogP contribution in [0.15, 0.2) is 42.5 Å². The van der Waals surface area contributed by atoms with E-state index in [1.54, 1.807) is 0 Å². The summed E-state index contributed by atoms with van der Waals surface area (Å²) in [5.74, 6) is 2.07. The first-order valence-corrected chi connectivity index (χ1v) is 9.33. The average Bonchev–Trinajstić information content (AvgIpc) is 2.90. The van der Waals surface area contributed by atoms with E-state index in [1.807, 2.05) is 37.3 Å². The highest BCUT2D eigenvalue weighted by Gasteiger charge is 2.50. The second-order valence-corrected chi connectivity index (χ2v) is 8.02. The van der Waals surface area contributed by atoms with Gasteiger partial charge in [-0.1, -0.05) is 29.8 Å². The summed E-state index contributed by atoms with van der Waals surface area (Å²) in [6.45, 7) is 5.19. The number of benzene rings is 2. The zero-order valence-corrected chi connectivity index (χ0v) is 16.0. The van der Waals surface area contributed by atoms with Gasteiger partial charge in [0, 0.05) is 41.8 Å². The van der Waals surface area contributed by atoms with Gasteiger partial charge in [0.05, 0.1) is 20.1 Å². The van der Waals surface area contributed by atoms with Crippen LogP contribution in [0, 0.1) is 0 Å². The average molecular weight is 373 g/mol. The number of nitrogens with zero attached hydrogens (tertiary/aromatic N) is 1. The molecule has 0 aromatic heterocycles. The first-order valence-electron chi connectivity index (χ1n) is 8.95. The van der Waals surface area contributed by atoms with E-state index >= 15 is 0 Å². The standard InChI is InChI=1S/C21H23ClNO3/c1-13(25-14(2)24)23(3)11-18-16-6-4-5-7-20(16)26-21-9-8-15(22)10-17(21)19(18)12-23/h4-10,13,18-19H,11-12H2,1-3H3/q+1. The Bertz CT molecular complexity index is 868. The highest BCUT2D eigenvalue weighted by Crippen LogP contribution is 2.52. The number of quaternary nitrogens is 1. The Morgan fingerprint density at radius 3 is 2.54 bits per heavy atom. The van der Waals surface area contributed by atoms with Gasteiger partial charge in [-0.3, -0.25) is 9.28 Å². The lowest BCUT2D eigenvalue weighted by atomic mass is 9.84. The number of ether oxygens (including phenoxy) is 2. The number of hydrogen-bond acceptors (Lipinski definition) is 3. The van der Waals surface area contributed by atoms with Crippen molar-refractivity contribution in [3.8, 4) is 11.5 Å². The third kappa shape index (κ3) is 2.87.